The Morgan fingerprint density at radius 3 is 2.50 bits per heavy atom. The lowest BCUT2D eigenvalue weighted by Gasteiger charge is -2.07. The number of hydrogen-bond donors (Lipinski definition) is 0. The third-order valence-electron chi connectivity index (χ3n) is 3.82. The van der Waals surface area contributed by atoms with Gasteiger partial charge in [0.1, 0.15) is 11.6 Å². The lowest BCUT2D eigenvalue weighted by molar-refractivity contribution is -0.142. The van der Waals surface area contributed by atoms with Gasteiger partial charge in [-0.2, -0.15) is 0 Å². The highest BCUT2D eigenvalue weighted by Crippen LogP contribution is 2.33. The summed E-state index contributed by atoms with van der Waals surface area (Å²) in [7, 11) is 2.93. The minimum absolute atomic E-state index is 0.167. The zero-order valence-electron chi connectivity index (χ0n) is 15.2. The van der Waals surface area contributed by atoms with Crippen LogP contribution in [-0.4, -0.2) is 42.7 Å². The summed E-state index contributed by atoms with van der Waals surface area (Å²) in [5, 5.41) is 0.515. The molecule has 144 valence electrons. The van der Waals surface area contributed by atoms with E-state index in [1.54, 1.807) is 49.5 Å². The molecule has 0 saturated carbocycles. The van der Waals surface area contributed by atoms with E-state index in [4.69, 9.17) is 4.74 Å². The third kappa shape index (κ3) is 4.77. The molecule has 2 aromatic rings. The number of halogens is 1. The molecule has 1 aliphatic heterocycles. The second-order valence-corrected chi connectivity index (χ2v) is 6.79. The number of ether oxygens (including phenoxy) is 2. The van der Waals surface area contributed by atoms with E-state index in [1.807, 2.05) is 0 Å². The van der Waals surface area contributed by atoms with E-state index >= 15 is 0 Å². The minimum atomic E-state index is -0.463. The number of carbonyl (C=O) groups excluding carboxylic acids is 2. The number of aliphatic imine (C=N–C) groups is 1. The molecule has 3 rings (SSSR count). The number of likely N-dealkylation sites (N-methyl/N-ethyl adjacent to an activating group) is 1. The van der Waals surface area contributed by atoms with Crippen LogP contribution in [0.2, 0.25) is 0 Å². The molecule has 8 heteroatoms. The van der Waals surface area contributed by atoms with Crippen molar-refractivity contribution >= 4 is 40.6 Å². The van der Waals surface area contributed by atoms with Gasteiger partial charge in [0.2, 0.25) is 0 Å². The van der Waals surface area contributed by atoms with Gasteiger partial charge in [-0.1, -0.05) is 12.1 Å². The average Bonchev–Trinajstić information content (AvgIpc) is 2.96. The second kappa shape index (κ2) is 8.71. The summed E-state index contributed by atoms with van der Waals surface area (Å²) in [4.78, 5) is 29.9. The number of nitrogens with zero attached hydrogens (tertiary/aromatic N) is 2. The van der Waals surface area contributed by atoms with Crippen LogP contribution in [0, 0.1) is 5.82 Å². The summed E-state index contributed by atoms with van der Waals surface area (Å²) in [6, 6.07) is 12.7. The molecule has 0 N–H and O–H groups in total. The van der Waals surface area contributed by atoms with Gasteiger partial charge in [0.05, 0.1) is 17.7 Å². The molecule has 1 amide bonds. The van der Waals surface area contributed by atoms with Crippen molar-refractivity contribution in [3.05, 3.63) is 64.8 Å². The fourth-order valence-electron chi connectivity index (χ4n) is 2.29. The SMILES string of the molecule is COC(=O)COc1ccc(/C=C2/SC(=Nc3ccc(F)cc3)N(C)C2=O)cc1. The molecule has 1 saturated heterocycles. The van der Waals surface area contributed by atoms with Gasteiger partial charge in [-0.3, -0.25) is 9.69 Å². The normalized spacial score (nSPS) is 16.7. The van der Waals surface area contributed by atoms with Gasteiger partial charge in [0.25, 0.3) is 5.91 Å². The Hall–Kier alpha value is -3.13. The van der Waals surface area contributed by atoms with Crippen molar-refractivity contribution in [1.82, 2.24) is 4.90 Å². The summed E-state index contributed by atoms with van der Waals surface area (Å²) in [6.07, 6.45) is 1.75. The molecule has 1 aliphatic rings. The highest BCUT2D eigenvalue weighted by Gasteiger charge is 2.30. The topological polar surface area (TPSA) is 68.2 Å². The van der Waals surface area contributed by atoms with Crippen molar-refractivity contribution in [3.8, 4) is 5.75 Å². The van der Waals surface area contributed by atoms with Crippen LogP contribution in [-0.2, 0) is 14.3 Å². The smallest absolute Gasteiger partial charge is 0.343 e. The lowest BCUT2D eigenvalue weighted by Crippen LogP contribution is -2.23. The molecule has 28 heavy (non-hydrogen) atoms. The zero-order chi connectivity index (χ0) is 20.1. The van der Waals surface area contributed by atoms with Gasteiger partial charge in [-0.05, 0) is 59.8 Å². The largest absolute Gasteiger partial charge is 0.482 e. The first kappa shape index (κ1) is 19.6. The molecule has 2 aromatic carbocycles. The lowest BCUT2D eigenvalue weighted by atomic mass is 10.2. The van der Waals surface area contributed by atoms with Crippen LogP contribution in [0.1, 0.15) is 5.56 Å². The molecule has 1 fully saturated rings. The molecule has 0 atom stereocenters. The van der Waals surface area contributed by atoms with Gasteiger partial charge in [-0.25, -0.2) is 14.2 Å². The molecule has 0 spiro atoms. The first-order chi connectivity index (χ1) is 13.5. The molecule has 0 radical (unpaired) electrons. The maximum atomic E-state index is 13.0. The summed E-state index contributed by atoms with van der Waals surface area (Å²) in [5.74, 6) is -0.451. The number of rotatable bonds is 5. The molecular formula is C20H17FN2O4S. The number of esters is 1. The second-order valence-electron chi connectivity index (χ2n) is 5.78. The maximum absolute atomic E-state index is 13.0. The van der Waals surface area contributed by atoms with Gasteiger partial charge < -0.3 is 9.47 Å². The van der Waals surface area contributed by atoms with E-state index in [2.05, 4.69) is 9.73 Å². The Kier molecular flexibility index (Phi) is 6.10. The maximum Gasteiger partial charge on any atom is 0.343 e. The Labute approximate surface area is 165 Å². The molecule has 1 heterocycles. The molecule has 6 nitrogen and oxygen atoms in total. The minimum Gasteiger partial charge on any atom is -0.482 e. The van der Waals surface area contributed by atoms with E-state index in [0.29, 0.717) is 21.5 Å². The van der Waals surface area contributed by atoms with Crippen LogP contribution in [0.3, 0.4) is 0 Å². The van der Waals surface area contributed by atoms with Crippen LogP contribution < -0.4 is 4.74 Å². The van der Waals surface area contributed by atoms with Crippen LogP contribution >= 0.6 is 11.8 Å². The Morgan fingerprint density at radius 2 is 1.86 bits per heavy atom. The Morgan fingerprint density at radius 1 is 1.18 bits per heavy atom. The van der Waals surface area contributed by atoms with Gasteiger partial charge in [0, 0.05) is 7.05 Å². The van der Waals surface area contributed by atoms with Gasteiger partial charge in [0.15, 0.2) is 11.8 Å². The fourth-order valence-corrected chi connectivity index (χ4v) is 3.28. The predicted molar refractivity (Wildman–Crippen MR) is 106 cm³/mol. The molecule has 0 aliphatic carbocycles. The van der Waals surface area contributed by atoms with E-state index in [-0.39, 0.29) is 18.3 Å². The monoisotopic (exact) mass is 400 g/mol. The van der Waals surface area contributed by atoms with Crippen LogP contribution in [0.4, 0.5) is 10.1 Å². The zero-order valence-corrected chi connectivity index (χ0v) is 16.0. The van der Waals surface area contributed by atoms with E-state index < -0.39 is 5.97 Å². The van der Waals surface area contributed by atoms with E-state index in [0.717, 1.165) is 5.56 Å². The quantitative estimate of drug-likeness (QED) is 0.567. The van der Waals surface area contributed by atoms with Crippen LogP contribution in [0.25, 0.3) is 6.08 Å². The van der Waals surface area contributed by atoms with Crippen molar-refractivity contribution in [2.75, 3.05) is 20.8 Å². The Bertz CT molecular complexity index is 940. The number of hydrogen-bond acceptors (Lipinski definition) is 6. The summed E-state index contributed by atoms with van der Waals surface area (Å²) in [6.45, 7) is -0.167. The highest BCUT2D eigenvalue weighted by molar-refractivity contribution is 8.18. The molecule has 0 bridgehead atoms. The number of methoxy groups -OCH3 is 1. The fraction of sp³-hybridized carbons (Fsp3) is 0.150. The first-order valence-electron chi connectivity index (χ1n) is 8.28. The first-order valence-corrected chi connectivity index (χ1v) is 9.09. The van der Waals surface area contributed by atoms with Gasteiger partial charge in [-0.15, -0.1) is 0 Å². The summed E-state index contributed by atoms with van der Waals surface area (Å²) < 4.78 is 22.8. The number of thioether (sulfide) groups is 1. The average molecular weight is 400 g/mol. The van der Waals surface area contributed by atoms with Crippen molar-refractivity contribution in [2.24, 2.45) is 4.99 Å². The molecule has 0 aromatic heterocycles. The summed E-state index contributed by atoms with van der Waals surface area (Å²) in [5.41, 5.74) is 1.37. The molecular weight excluding hydrogens is 383 g/mol. The Balaban J connectivity index is 1.72. The number of benzene rings is 2. The standard InChI is InChI=1S/C20H17FN2O4S/c1-23-19(25)17(28-20(23)22-15-7-5-14(21)6-8-15)11-13-3-9-16(10-4-13)27-12-18(24)26-2/h3-11H,12H2,1-2H3/b17-11+,22-20?. The number of amides is 1. The van der Waals surface area contributed by atoms with Gasteiger partial charge >= 0.3 is 5.97 Å². The van der Waals surface area contributed by atoms with Crippen molar-refractivity contribution < 1.29 is 23.5 Å². The van der Waals surface area contributed by atoms with E-state index in [9.17, 15) is 14.0 Å². The predicted octanol–water partition coefficient (Wildman–Crippen LogP) is 3.61. The molecule has 0 unspecified atom stereocenters. The van der Waals surface area contributed by atoms with Crippen molar-refractivity contribution in [3.63, 3.8) is 0 Å². The van der Waals surface area contributed by atoms with Crippen LogP contribution in [0.5, 0.6) is 5.75 Å². The van der Waals surface area contributed by atoms with Crippen molar-refractivity contribution in [1.29, 1.82) is 0 Å². The number of amidine groups is 1. The van der Waals surface area contributed by atoms with Crippen LogP contribution in [0.15, 0.2) is 58.4 Å². The summed E-state index contributed by atoms with van der Waals surface area (Å²) >= 11 is 1.24. The third-order valence-corrected chi connectivity index (χ3v) is 4.88. The number of carbonyl (C=O) groups is 2. The van der Waals surface area contributed by atoms with Crippen molar-refractivity contribution in [2.45, 2.75) is 0 Å². The van der Waals surface area contributed by atoms with E-state index in [1.165, 1.54) is 35.9 Å². The highest BCUT2D eigenvalue weighted by atomic mass is 32.2.